The van der Waals surface area contributed by atoms with Gasteiger partial charge in [-0.1, -0.05) is 11.6 Å². The van der Waals surface area contributed by atoms with Gasteiger partial charge in [-0.15, -0.1) is 0 Å². The summed E-state index contributed by atoms with van der Waals surface area (Å²) in [5.74, 6) is 0.774. The van der Waals surface area contributed by atoms with Gasteiger partial charge in [-0.2, -0.15) is 10.1 Å². The van der Waals surface area contributed by atoms with Crippen molar-refractivity contribution in [1.82, 2.24) is 24.6 Å². The van der Waals surface area contributed by atoms with E-state index in [0.29, 0.717) is 47.8 Å². The molecule has 0 unspecified atom stereocenters. The second-order valence-corrected chi connectivity index (χ2v) is 8.22. The number of halogens is 1. The molecule has 4 rings (SSSR count). The average molecular weight is 487 g/mol. The van der Waals surface area contributed by atoms with Crippen molar-refractivity contribution >= 4 is 40.9 Å². The number of hydrogen-bond donors (Lipinski definition) is 1. The quantitative estimate of drug-likeness (QED) is 0.302. The van der Waals surface area contributed by atoms with Crippen LogP contribution in [0.2, 0.25) is 5.02 Å². The second kappa shape index (κ2) is 9.61. The minimum atomic E-state index is -0.417. The van der Waals surface area contributed by atoms with Crippen LogP contribution in [0.15, 0.2) is 24.5 Å². The molecule has 3 heterocycles. The van der Waals surface area contributed by atoms with Crippen LogP contribution in [-0.2, 0) is 0 Å². The molecule has 34 heavy (non-hydrogen) atoms. The number of nitro benzene ring substituents is 1. The zero-order chi connectivity index (χ0) is 24.4. The maximum atomic E-state index is 11.9. The van der Waals surface area contributed by atoms with Crippen LogP contribution in [0.25, 0.3) is 5.82 Å². The number of ether oxygens (including phenoxy) is 1. The van der Waals surface area contributed by atoms with E-state index in [1.54, 1.807) is 13.0 Å². The Bertz CT molecular complexity index is 1240. The Morgan fingerprint density at radius 2 is 2.00 bits per heavy atom. The minimum Gasteiger partial charge on any atom is -0.494 e. The van der Waals surface area contributed by atoms with Crippen LogP contribution in [-0.4, -0.2) is 76.2 Å². The molecule has 0 radical (unpaired) electrons. The molecule has 0 spiro atoms. The van der Waals surface area contributed by atoms with E-state index in [1.807, 2.05) is 11.9 Å². The molecule has 0 bridgehead atoms. The molecule has 1 saturated heterocycles. The van der Waals surface area contributed by atoms with E-state index in [4.69, 9.17) is 16.3 Å². The lowest BCUT2D eigenvalue weighted by molar-refractivity contribution is -0.384. The van der Waals surface area contributed by atoms with Crippen molar-refractivity contribution in [3.8, 4) is 11.6 Å². The van der Waals surface area contributed by atoms with Crippen LogP contribution in [0.3, 0.4) is 0 Å². The van der Waals surface area contributed by atoms with Gasteiger partial charge in [0.25, 0.3) is 5.69 Å². The van der Waals surface area contributed by atoms with Crippen molar-refractivity contribution in [3.05, 3.63) is 50.9 Å². The molecule has 0 saturated carbocycles. The summed E-state index contributed by atoms with van der Waals surface area (Å²) in [5, 5.41) is 19.3. The lowest BCUT2D eigenvalue weighted by atomic mass is 10.1. The fraction of sp³-hybridized carbons (Fsp3) is 0.333. The number of rotatable bonds is 7. The largest absolute Gasteiger partial charge is 0.494 e. The summed E-state index contributed by atoms with van der Waals surface area (Å²) in [7, 11) is 3.51. The number of nitro groups is 1. The van der Waals surface area contributed by atoms with Crippen molar-refractivity contribution in [1.29, 1.82) is 0 Å². The van der Waals surface area contributed by atoms with Gasteiger partial charge in [0.2, 0.25) is 5.95 Å². The third-order valence-corrected chi connectivity index (χ3v) is 5.86. The van der Waals surface area contributed by atoms with Gasteiger partial charge in [0, 0.05) is 44.5 Å². The van der Waals surface area contributed by atoms with Gasteiger partial charge < -0.3 is 19.9 Å². The number of aromatic nitrogens is 4. The molecule has 1 aliphatic heterocycles. The predicted octanol–water partition coefficient (Wildman–Crippen LogP) is 2.85. The van der Waals surface area contributed by atoms with Crippen molar-refractivity contribution < 1.29 is 14.5 Å². The highest BCUT2D eigenvalue weighted by molar-refractivity contribution is 6.32. The summed E-state index contributed by atoms with van der Waals surface area (Å²) in [6.45, 7) is 4.64. The number of aldehydes is 1. The Labute approximate surface area is 200 Å². The molecule has 2 aromatic heterocycles. The van der Waals surface area contributed by atoms with Gasteiger partial charge in [-0.3, -0.25) is 14.9 Å². The van der Waals surface area contributed by atoms with Crippen molar-refractivity contribution in [2.24, 2.45) is 0 Å². The molecule has 12 nitrogen and oxygen atoms in total. The number of likely N-dealkylation sites (N-methyl/N-ethyl adjacent to an activating group) is 1. The maximum absolute atomic E-state index is 11.9. The van der Waals surface area contributed by atoms with E-state index in [9.17, 15) is 14.9 Å². The summed E-state index contributed by atoms with van der Waals surface area (Å²) < 4.78 is 6.90. The van der Waals surface area contributed by atoms with Gasteiger partial charge >= 0.3 is 0 Å². The molecule has 1 fully saturated rings. The second-order valence-electron chi connectivity index (χ2n) is 7.81. The number of methoxy groups -OCH3 is 1. The highest BCUT2D eigenvalue weighted by atomic mass is 35.5. The predicted molar refractivity (Wildman–Crippen MR) is 127 cm³/mol. The first-order valence-corrected chi connectivity index (χ1v) is 10.8. The zero-order valence-corrected chi connectivity index (χ0v) is 19.6. The average Bonchev–Trinajstić information content (AvgIpc) is 3.20. The Morgan fingerprint density at radius 1 is 1.26 bits per heavy atom. The number of aryl methyl sites for hydroxylation is 1. The molecule has 1 aromatic carbocycles. The molecular formula is C21H23ClN8O4. The minimum absolute atomic E-state index is 0.0552. The molecule has 13 heteroatoms. The number of benzene rings is 1. The summed E-state index contributed by atoms with van der Waals surface area (Å²) in [4.78, 5) is 35.4. The van der Waals surface area contributed by atoms with Crippen LogP contribution >= 0.6 is 11.6 Å². The van der Waals surface area contributed by atoms with E-state index in [0.717, 1.165) is 13.1 Å². The van der Waals surface area contributed by atoms with Crippen LogP contribution in [0, 0.1) is 17.0 Å². The number of carbonyl (C=O) groups is 1. The summed E-state index contributed by atoms with van der Waals surface area (Å²) in [5.41, 5.74) is 1.69. The van der Waals surface area contributed by atoms with Gasteiger partial charge in [-0.25, -0.2) is 9.67 Å². The van der Waals surface area contributed by atoms with Crippen LogP contribution < -0.4 is 15.0 Å². The molecule has 3 aromatic rings. The highest BCUT2D eigenvalue weighted by Crippen LogP contribution is 2.39. The van der Waals surface area contributed by atoms with Gasteiger partial charge in [0.1, 0.15) is 16.5 Å². The highest BCUT2D eigenvalue weighted by Gasteiger charge is 2.26. The number of hydrogen-bond acceptors (Lipinski definition) is 10. The van der Waals surface area contributed by atoms with E-state index in [-0.39, 0.29) is 22.5 Å². The van der Waals surface area contributed by atoms with Crippen molar-refractivity contribution in [2.45, 2.75) is 6.92 Å². The fourth-order valence-electron chi connectivity index (χ4n) is 3.67. The molecule has 0 atom stereocenters. The maximum Gasteiger partial charge on any atom is 0.294 e. The number of piperazine rings is 1. The topological polar surface area (TPSA) is 132 Å². The van der Waals surface area contributed by atoms with Crippen LogP contribution in [0.5, 0.6) is 5.75 Å². The first-order valence-electron chi connectivity index (χ1n) is 10.4. The third kappa shape index (κ3) is 4.63. The standard InChI is InChI=1S/C21H23ClN8O4/c1-13-14(12-31)11-29(26-13)20-15(22)10-23-21(25-20)24-16-8-18(30(32)33)17(9-19(16)34-3)28-6-4-27(2)5-7-28/h8-12H,4-7H2,1-3H3,(H,23,24,25). The summed E-state index contributed by atoms with van der Waals surface area (Å²) in [6, 6.07) is 3.06. The first kappa shape index (κ1) is 23.4. The Balaban J connectivity index is 1.70. The van der Waals surface area contributed by atoms with Crippen molar-refractivity contribution in [3.63, 3.8) is 0 Å². The molecule has 1 N–H and O–H groups in total. The lowest BCUT2D eigenvalue weighted by Gasteiger charge is -2.34. The molecule has 0 aliphatic carbocycles. The van der Waals surface area contributed by atoms with E-state index < -0.39 is 4.92 Å². The number of anilines is 3. The number of nitrogens with zero attached hydrogens (tertiary/aromatic N) is 7. The number of nitrogens with one attached hydrogen (secondary N) is 1. The Hall–Kier alpha value is -3.77. The fourth-order valence-corrected chi connectivity index (χ4v) is 3.85. The van der Waals surface area contributed by atoms with Crippen molar-refractivity contribution in [2.75, 3.05) is 50.6 Å². The molecular weight excluding hydrogens is 464 g/mol. The summed E-state index contributed by atoms with van der Waals surface area (Å²) >= 11 is 6.26. The van der Waals surface area contributed by atoms with Crippen LogP contribution in [0.4, 0.5) is 23.0 Å². The van der Waals surface area contributed by atoms with E-state index in [2.05, 4.69) is 25.3 Å². The first-order chi connectivity index (χ1) is 16.3. The summed E-state index contributed by atoms with van der Waals surface area (Å²) in [6.07, 6.45) is 3.58. The Kier molecular flexibility index (Phi) is 6.61. The van der Waals surface area contributed by atoms with E-state index in [1.165, 1.54) is 30.3 Å². The SMILES string of the molecule is COc1cc(N2CCN(C)CC2)c([N+](=O)[O-])cc1Nc1ncc(Cl)c(-n2cc(C=O)c(C)n2)n1. The smallest absolute Gasteiger partial charge is 0.294 e. The zero-order valence-electron chi connectivity index (χ0n) is 18.9. The van der Waals surface area contributed by atoms with Gasteiger partial charge in [0.05, 0.1) is 35.2 Å². The lowest BCUT2D eigenvalue weighted by Crippen LogP contribution is -2.44. The van der Waals surface area contributed by atoms with E-state index >= 15 is 0 Å². The molecule has 1 aliphatic rings. The van der Waals surface area contributed by atoms with Gasteiger partial charge in [0.15, 0.2) is 12.1 Å². The monoisotopic (exact) mass is 486 g/mol. The normalized spacial score (nSPS) is 14.2. The van der Waals surface area contributed by atoms with Gasteiger partial charge in [-0.05, 0) is 14.0 Å². The van der Waals surface area contributed by atoms with Crippen LogP contribution in [0.1, 0.15) is 16.1 Å². The Morgan fingerprint density at radius 3 is 2.62 bits per heavy atom. The number of carbonyl (C=O) groups excluding carboxylic acids is 1. The molecule has 178 valence electrons. The molecule has 0 amide bonds. The third-order valence-electron chi connectivity index (χ3n) is 5.59.